The van der Waals surface area contributed by atoms with Crippen LogP contribution in [0.2, 0.25) is 0 Å². The second-order valence-corrected chi connectivity index (χ2v) is 8.30. The minimum absolute atomic E-state index is 0.0713. The van der Waals surface area contributed by atoms with Crippen LogP contribution in [0.3, 0.4) is 0 Å². The molecule has 1 heterocycles. The molecule has 0 aliphatic carbocycles. The zero-order valence-corrected chi connectivity index (χ0v) is 17.5. The van der Waals surface area contributed by atoms with Crippen LogP contribution in [-0.4, -0.2) is 61.4 Å². The molecule has 1 amide bonds. The Morgan fingerprint density at radius 3 is 2.32 bits per heavy atom. The van der Waals surface area contributed by atoms with E-state index >= 15 is 0 Å². The van der Waals surface area contributed by atoms with Crippen molar-refractivity contribution in [3.63, 3.8) is 0 Å². The smallest absolute Gasteiger partial charge is 0.253 e. The Hall–Kier alpha value is -2.17. The van der Waals surface area contributed by atoms with E-state index in [0.29, 0.717) is 0 Å². The summed E-state index contributed by atoms with van der Waals surface area (Å²) in [6, 6.07) is 18.8. The van der Waals surface area contributed by atoms with Crippen LogP contribution in [0.4, 0.5) is 0 Å². The quantitative estimate of drug-likeness (QED) is 0.733. The molecule has 0 saturated carbocycles. The number of amides is 1. The molecule has 0 bridgehead atoms. The van der Waals surface area contributed by atoms with Gasteiger partial charge < -0.3 is 9.80 Å². The predicted octanol–water partition coefficient (Wildman–Crippen LogP) is 3.73. The average Bonchev–Trinajstić information content (AvgIpc) is 2.70. The van der Waals surface area contributed by atoms with Crippen molar-refractivity contribution in [2.45, 2.75) is 25.9 Å². The van der Waals surface area contributed by atoms with E-state index in [0.717, 1.165) is 44.2 Å². The van der Waals surface area contributed by atoms with Crippen molar-refractivity contribution in [3.05, 3.63) is 71.3 Å². The number of nitrogens with zero attached hydrogens (tertiary/aromatic N) is 3. The van der Waals surface area contributed by atoms with Gasteiger partial charge in [0.05, 0.1) is 0 Å². The van der Waals surface area contributed by atoms with Crippen molar-refractivity contribution >= 4 is 5.91 Å². The summed E-state index contributed by atoms with van der Waals surface area (Å²) in [5.41, 5.74) is 3.39. The SMILES string of the molecule is CN(Cc1ccccc1)CC1CCN(Cc2cccc(C(=O)N(C)C)c2)CC1. The lowest BCUT2D eigenvalue weighted by molar-refractivity contribution is 0.0827. The van der Waals surface area contributed by atoms with Gasteiger partial charge in [-0.15, -0.1) is 0 Å². The molecule has 150 valence electrons. The largest absolute Gasteiger partial charge is 0.345 e. The first-order chi connectivity index (χ1) is 13.5. The molecule has 4 heteroatoms. The van der Waals surface area contributed by atoms with Gasteiger partial charge in [0.2, 0.25) is 0 Å². The lowest BCUT2D eigenvalue weighted by Crippen LogP contribution is -2.37. The van der Waals surface area contributed by atoms with Gasteiger partial charge in [-0.1, -0.05) is 42.5 Å². The predicted molar refractivity (Wildman–Crippen MR) is 115 cm³/mol. The zero-order chi connectivity index (χ0) is 19.9. The molecule has 2 aromatic rings. The normalized spacial score (nSPS) is 15.7. The number of carbonyl (C=O) groups is 1. The summed E-state index contributed by atoms with van der Waals surface area (Å²) in [4.78, 5) is 18.8. The number of piperidine rings is 1. The minimum Gasteiger partial charge on any atom is -0.345 e. The topological polar surface area (TPSA) is 26.8 Å². The third-order valence-electron chi connectivity index (χ3n) is 5.56. The fraction of sp³-hybridized carbons (Fsp3) is 0.458. The number of likely N-dealkylation sites (tertiary alicyclic amines) is 1. The highest BCUT2D eigenvalue weighted by Gasteiger charge is 2.21. The third kappa shape index (κ3) is 5.91. The lowest BCUT2D eigenvalue weighted by Gasteiger charge is -2.34. The van der Waals surface area contributed by atoms with Gasteiger partial charge in [-0.3, -0.25) is 9.69 Å². The van der Waals surface area contributed by atoms with E-state index in [1.807, 2.05) is 18.2 Å². The van der Waals surface area contributed by atoms with Crippen LogP contribution in [0.15, 0.2) is 54.6 Å². The molecule has 28 heavy (non-hydrogen) atoms. The Bertz CT molecular complexity index is 751. The highest BCUT2D eigenvalue weighted by atomic mass is 16.2. The summed E-state index contributed by atoms with van der Waals surface area (Å²) in [5.74, 6) is 0.841. The van der Waals surface area contributed by atoms with E-state index in [1.165, 1.54) is 24.0 Å². The maximum absolute atomic E-state index is 12.2. The maximum Gasteiger partial charge on any atom is 0.253 e. The summed E-state index contributed by atoms with van der Waals surface area (Å²) in [5, 5.41) is 0. The lowest BCUT2D eigenvalue weighted by atomic mass is 9.95. The molecule has 4 nitrogen and oxygen atoms in total. The summed E-state index contributed by atoms with van der Waals surface area (Å²) < 4.78 is 0. The summed E-state index contributed by atoms with van der Waals surface area (Å²) in [7, 11) is 5.83. The van der Waals surface area contributed by atoms with E-state index in [-0.39, 0.29) is 5.91 Å². The zero-order valence-electron chi connectivity index (χ0n) is 17.5. The van der Waals surface area contributed by atoms with E-state index in [4.69, 9.17) is 0 Å². The average molecular weight is 380 g/mol. The summed E-state index contributed by atoms with van der Waals surface area (Å²) in [6.07, 6.45) is 2.49. The second-order valence-electron chi connectivity index (χ2n) is 8.30. The van der Waals surface area contributed by atoms with E-state index in [9.17, 15) is 4.79 Å². The molecule has 3 rings (SSSR count). The number of rotatable bonds is 7. The molecule has 1 fully saturated rings. The van der Waals surface area contributed by atoms with Gasteiger partial charge in [-0.05, 0) is 62.2 Å². The van der Waals surface area contributed by atoms with Crippen LogP contribution in [0.1, 0.15) is 34.3 Å². The Morgan fingerprint density at radius 2 is 1.64 bits per heavy atom. The summed E-state index contributed by atoms with van der Waals surface area (Å²) in [6.45, 7) is 5.38. The van der Waals surface area contributed by atoms with Gasteiger partial charge in [0.25, 0.3) is 5.91 Å². The standard InChI is InChI=1S/C24H33N3O/c1-25(2)24(28)23-11-7-10-22(16-23)19-27-14-12-21(13-15-27)18-26(3)17-20-8-5-4-6-9-20/h4-11,16,21H,12-15,17-19H2,1-3H3. The molecule has 1 saturated heterocycles. The van der Waals surface area contributed by atoms with Gasteiger partial charge >= 0.3 is 0 Å². The first-order valence-corrected chi connectivity index (χ1v) is 10.3. The second kappa shape index (κ2) is 9.85. The van der Waals surface area contributed by atoms with Crippen molar-refractivity contribution in [3.8, 4) is 0 Å². The van der Waals surface area contributed by atoms with Crippen LogP contribution in [-0.2, 0) is 13.1 Å². The van der Waals surface area contributed by atoms with E-state index in [1.54, 1.807) is 19.0 Å². The number of hydrogen-bond donors (Lipinski definition) is 0. The van der Waals surface area contributed by atoms with E-state index < -0.39 is 0 Å². The Balaban J connectivity index is 1.45. The number of hydrogen-bond acceptors (Lipinski definition) is 3. The molecule has 0 unspecified atom stereocenters. The van der Waals surface area contributed by atoms with Crippen LogP contribution in [0.25, 0.3) is 0 Å². The number of carbonyl (C=O) groups excluding carboxylic acids is 1. The van der Waals surface area contributed by atoms with Gasteiger partial charge in [0.1, 0.15) is 0 Å². The molecule has 1 aliphatic heterocycles. The summed E-state index contributed by atoms with van der Waals surface area (Å²) >= 11 is 0. The van der Waals surface area contributed by atoms with Gasteiger partial charge in [0, 0.05) is 39.3 Å². The highest BCUT2D eigenvalue weighted by Crippen LogP contribution is 2.21. The van der Waals surface area contributed by atoms with Gasteiger partial charge in [-0.25, -0.2) is 0 Å². The molecule has 2 aromatic carbocycles. The highest BCUT2D eigenvalue weighted by molar-refractivity contribution is 5.94. The molecule has 0 aromatic heterocycles. The molecular formula is C24H33N3O. The van der Waals surface area contributed by atoms with Crippen LogP contribution in [0.5, 0.6) is 0 Å². The minimum atomic E-state index is 0.0713. The fourth-order valence-electron chi connectivity index (χ4n) is 4.05. The van der Waals surface area contributed by atoms with Crippen LogP contribution >= 0.6 is 0 Å². The Kier molecular flexibility index (Phi) is 7.24. The van der Waals surface area contributed by atoms with Crippen molar-refractivity contribution in [2.24, 2.45) is 5.92 Å². The Morgan fingerprint density at radius 1 is 0.964 bits per heavy atom. The van der Waals surface area contributed by atoms with E-state index in [2.05, 4.69) is 53.2 Å². The molecule has 0 N–H and O–H groups in total. The monoisotopic (exact) mass is 379 g/mol. The molecular weight excluding hydrogens is 346 g/mol. The fourth-order valence-corrected chi connectivity index (χ4v) is 4.05. The third-order valence-corrected chi connectivity index (χ3v) is 5.56. The number of benzene rings is 2. The van der Waals surface area contributed by atoms with Gasteiger partial charge in [-0.2, -0.15) is 0 Å². The first kappa shape index (κ1) is 20.6. The van der Waals surface area contributed by atoms with Crippen molar-refractivity contribution < 1.29 is 4.79 Å². The van der Waals surface area contributed by atoms with Crippen molar-refractivity contribution in [2.75, 3.05) is 40.8 Å². The van der Waals surface area contributed by atoms with Gasteiger partial charge in [0.15, 0.2) is 0 Å². The van der Waals surface area contributed by atoms with Crippen molar-refractivity contribution in [1.29, 1.82) is 0 Å². The molecule has 0 radical (unpaired) electrons. The molecule has 0 spiro atoms. The van der Waals surface area contributed by atoms with Crippen molar-refractivity contribution in [1.82, 2.24) is 14.7 Å². The van der Waals surface area contributed by atoms with Crippen LogP contribution < -0.4 is 0 Å². The Labute approximate surface area is 169 Å². The molecule has 0 atom stereocenters. The first-order valence-electron chi connectivity index (χ1n) is 10.3. The molecule has 1 aliphatic rings. The maximum atomic E-state index is 12.2. The van der Waals surface area contributed by atoms with Crippen LogP contribution in [0, 0.1) is 5.92 Å².